The first-order valence-corrected chi connectivity index (χ1v) is 8.65. The molecule has 0 aliphatic carbocycles. The molecule has 4 heteroatoms. The summed E-state index contributed by atoms with van der Waals surface area (Å²) in [5.74, 6) is 1.73. The minimum atomic E-state index is 0.650. The fourth-order valence-electron chi connectivity index (χ4n) is 3.28. The number of hydrogen-bond acceptors (Lipinski definition) is 3. The third-order valence-corrected chi connectivity index (χ3v) is 4.60. The molecule has 0 atom stereocenters. The summed E-state index contributed by atoms with van der Waals surface area (Å²) in [5, 5.41) is 13.3. The monoisotopic (exact) mass is 320 g/mol. The lowest BCUT2D eigenvalue weighted by atomic mass is 10.0. The number of rotatable bonds is 5. The van der Waals surface area contributed by atoms with Gasteiger partial charge in [0.25, 0.3) is 0 Å². The molecular formula is C20H24N4. The van der Waals surface area contributed by atoms with E-state index in [-0.39, 0.29) is 0 Å². The topological polar surface area (TPSA) is 53.1 Å². The molecule has 1 aromatic carbocycles. The van der Waals surface area contributed by atoms with E-state index in [0.717, 1.165) is 47.4 Å². The van der Waals surface area contributed by atoms with Crippen LogP contribution in [0, 0.1) is 24.2 Å². The van der Waals surface area contributed by atoms with Crippen LogP contribution in [0.1, 0.15) is 43.9 Å². The lowest BCUT2D eigenvalue weighted by Crippen LogP contribution is -2.13. The second kappa shape index (κ2) is 6.52. The van der Waals surface area contributed by atoms with Crippen molar-refractivity contribution in [3.63, 3.8) is 0 Å². The molecule has 124 valence electrons. The Balaban J connectivity index is 2.32. The number of fused-ring (bicyclic) bond motifs is 3. The normalized spacial score (nSPS) is 11.3. The lowest BCUT2D eigenvalue weighted by molar-refractivity contribution is 0.606. The van der Waals surface area contributed by atoms with Crippen molar-refractivity contribution in [2.24, 2.45) is 5.92 Å². The Morgan fingerprint density at radius 1 is 1.29 bits per heavy atom. The molecule has 0 spiro atoms. The zero-order valence-electron chi connectivity index (χ0n) is 14.8. The van der Waals surface area contributed by atoms with Crippen molar-refractivity contribution < 1.29 is 0 Å². The molecule has 0 unspecified atom stereocenters. The third-order valence-electron chi connectivity index (χ3n) is 4.60. The molecule has 0 radical (unpaired) electrons. The van der Waals surface area contributed by atoms with Gasteiger partial charge in [-0.05, 0) is 48.9 Å². The molecule has 0 saturated carbocycles. The predicted octanol–water partition coefficient (Wildman–Crippen LogP) is 4.69. The van der Waals surface area contributed by atoms with Crippen molar-refractivity contribution >= 4 is 22.5 Å². The van der Waals surface area contributed by atoms with Gasteiger partial charge in [0.05, 0.1) is 16.6 Å². The van der Waals surface area contributed by atoms with Crippen LogP contribution in [-0.4, -0.2) is 15.9 Å². The van der Waals surface area contributed by atoms with Crippen molar-refractivity contribution in [1.82, 2.24) is 9.38 Å². The maximum absolute atomic E-state index is 9.68. The van der Waals surface area contributed by atoms with Gasteiger partial charge in [0.15, 0.2) is 5.65 Å². The molecule has 0 fully saturated rings. The van der Waals surface area contributed by atoms with E-state index >= 15 is 0 Å². The summed E-state index contributed by atoms with van der Waals surface area (Å²) in [6, 6.07) is 10.4. The van der Waals surface area contributed by atoms with Gasteiger partial charge in [-0.2, -0.15) is 5.26 Å². The van der Waals surface area contributed by atoms with Crippen LogP contribution in [0.25, 0.3) is 16.7 Å². The van der Waals surface area contributed by atoms with Crippen LogP contribution in [0.2, 0.25) is 0 Å². The van der Waals surface area contributed by atoms with E-state index in [1.165, 1.54) is 5.56 Å². The molecular weight excluding hydrogens is 296 g/mol. The van der Waals surface area contributed by atoms with Crippen LogP contribution in [0.5, 0.6) is 0 Å². The average molecular weight is 320 g/mol. The lowest BCUT2D eigenvalue weighted by Gasteiger charge is -2.18. The van der Waals surface area contributed by atoms with Gasteiger partial charge in [0.1, 0.15) is 11.9 Å². The van der Waals surface area contributed by atoms with Crippen LogP contribution in [0.15, 0.2) is 24.3 Å². The Bertz CT molecular complexity index is 928. The molecule has 1 N–H and O–H groups in total. The Labute approximate surface area is 143 Å². The highest BCUT2D eigenvalue weighted by atomic mass is 15.1. The van der Waals surface area contributed by atoms with Gasteiger partial charge in [-0.3, -0.25) is 4.40 Å². The molecule has 0 bridgehead atoms. The van der Waals surface area contributed by atoms with Crippen LogP contribution in [0.4, 0.5) is 5.82 Å². The number of para-hydroxylation sites is 2. The second-order valence-corrected chi connectivity index (χ2v) is 6.66. The first kappa shape index (κ1) is 16.3. The number of hydrogen-bond donors (Lipinski definition) is 1. The van der Waals surface area contributed by atoms with Crippen LogP contribution in [0.3, 0.4) is 0 Å². The standard InChI is InChI=1S/C20H24N4/c1-5-15-14(4)16(12-21)20-23-17-8-6-7-9-18(17)24(20)19(15)22-11-10-13(2)3/h6-9,13,22H,5,10-11H2,1-4H3. The van der Waals surface area contributed by atoms with Crippen LogP contribution in [-0.2, 0) is 6.42 Å². The third kappa shape index (κ3) is 2.60. The number of pyridine rings is 1. The summed E-state index contributed by atoms with van der Waals surface area (Å²) in [6.45, 7) is 9.55. The summed E-state index contributed by atoms with van der Waals surface area (Å²) < 4.78 is 2.13. The van der Waals surface area contributed by atoms with E-state index in [2.05, 4.69) is 42.6 Å². The largest absolute Gasteiger partial charge is 0.371 e. The van der Waals surface area contributed by atoms with Gasteiger partial charge in [-0.15, -0.1) is 0 Å². The van der Waals surface area contributed by atoms with E-state index in [1.54, 1.807) is 0 Å². The molecule has 0 amide bonds. The molecule has 4 nitrogen and oxygen atoms in total. The summed E-state index contributed by atoms with van der Waals surface area (Å²) in [5.41, 5.74) is 5.64. The van der Waals surface area contributed by atoms with Crippen molar-refractivity contribution in [3.05, 3.63) is 41.0 Å². The number of nitriles is 1. The zero-order chi connectivity index (χ0) is 17.3. The van der Waals surface area contributed by atoms with Crippen LogP contribution < -0.4 is 5.32 Å². The summed E-state index contributed by atoms with van der Waals surface area (Å²) in [4.78, 5) is 4.73. The first-order chi connectivity index (χ1) is 11.6. The van der Waals surface area contributed by atoms with Gasteiger partial charge in [0.2, 0.25) is 0 Å². The number of anilines is 1. The van der Waals surface area contributed by atoms with Gasteiger partial charge >= 0.3 is 0 Å². The quantitative estimate of drug-likeness (QED) is 0.742. The smallest absolute Gasteiger partial charge is 0.157 e. The number of nitrogens with one attached hydrogen (secondary N) is 1. The molecule has 2 aromatic heterocycles. The first-order valence-electron chi connectivity index (χ1n) is 8.65. The summed E-state index contributed by atoms with van der Waals surface area (Å²) in [6.07, 6.45) is 1.99. The minimum Gasteiger partial charge on any atom is -0.371 e. The maximum Gasteiger partial charge on any atom is 0.157 e. The fraction of sp³-hybridized carbons (Fsp3) is 0.400. The number of imidazole rings is 1. The van der Waals surface area contributed by atoms with Gasteiger partial charge in [0, 0.05) is 6.54 Å². The molecule has 0 saturated heterocycles. The van der Waals surface area contributed by atoms with E-state index in [1.807, 2.05) is 25.1 Å². The van der Waals surface area contributed by atoms with Crippen molar-refractivity contribution in [1.29, 1.82) is 5.26 Å². The van der Waals surface area contributed by atoms with Crippen LogP contribution >= 0.6 is 0 Å². The highest BCUT2D eigenvalue weighted by molar-refractivity contribution is 5.86. The minimum absolute atomic E-state index is 0.650. The Hall–Kier alpha value is -2.54. The van der Waals surface area contributed by atoms with Crippen molar-refractivity contribution in [2.75, 3.05) is 11.9 Å². The number of benzene rings is 1. The van der Waals surface area contributed by atoms with E-state index in [0.29, 0.717) is 11.5 Å². The van der Waals surface area contributed by atoms with Crippen molar-refractivity contribution in [2.45, 2.75) is 40.5 Å². The number of aromatic nitrogens is 2. The zero-order valence-corrected chi connectivity index (χ0v) is 14.8. The fourth-order valence-corrected chi connectivity index (χ4v) is 3.28. The van der Waals surface area contributed by atoms with Gasteiger partial charge < -0.3 is 5.32 Å². The van der Waals surface area contributed by atoms with E-state index < -0.39 is 0 Å². The Kier molecular flexibility index (Phi) is 4.44. The highest BCUT2D eigenvalue weighted by Crippen LogP contribution is 2.31. The molecule has 3 rings (SSSR count). The van der Waals surface area contributed by atoms with Gasteiger partial charge in [-0.25, -0.2) is 4.98 Å². The van der Waals surface area contributed by atoms with Crippen molar-refractivity contribution in [3.8, 4) is 6.07 Å². The Morgan fingerprint density at radius 2 is 2.04 bits per heavy atom. The Morgan fingerprint density at radius 3 is 2.71 bits per heavy atom. The average Bonchev–Trinajstić information content (AvgIpc) is 2.93. The maximum atomic E-state index is 9.68. The molecule has 3 aromatic rings. The SMILES string of the molecule is CCc1c(C)c(C#N)c2nc3ccccc3n2c1NCCC(C)C. The second-order valence-electron chi connectivity index (χ2n) is 6.66. The van der Waals surface area contributed by atoms with E-state index in [4.69, 9.17) is 4.98 Å². The molecule has 0 aliphatic heterocycles. The molecule has 0 aliphatic rings. The predicted molar refractivity (Wildman–Crippen MR) is 99.5 cm³/mol. The van der Waals surface area contributed by atoms with Gasteiger partial charge in [-0.1, -0.05) is 32.9 Å². The molecule has 24 heavy (non-hydrogen) atoms. The highest BCUT2D eigenvalue weighted by Gasteiger charge is 2.19. The van der Waals surface area contributed by atoms with E-state index in [9.17, 15) is 5.26 Å². The number of nitrogens with zero attached hydrogens (tertiary/aromatic N) is 3. The summed E-state index contributed by atoms with van der Waals surface area (Å²) >= 11 is 0. The molecule has 2 heterocycles. The summed E-state index contributed by atoms with van der Waals surface area (Å²) in [7, 11) is 0.